The Morgan fingerprint density at radius 1 is 0.694 bits per heavy atom. The molecule has 2 aromatic heterocycles. The molecule has 3 aliphatic rings. The lowest BCUT2D eigenvalue weighted by atomic mass is 9.84. The van der Waals surface area contributed by atoms with Crippen molar-refractivity contribution in [2.24, 2.45) is 0 Å². The summed E-state index contributed by atoms with van der Waals surface area (Å²) in [5.74, 6) is 2.86. The lowest BCUT2D eigenvalue weighted by molar-refractivity contribution is 0.282. The van der Waals surface area contributed by atoms with Gasteiger partial charge in [-0.05, 0) is 88.9 Å². The Bertz CT molecular complexity index is 2360. The van der Waals surface area contributed by atoms with Gasteiger partial charge in [0.1, 0.15) is 17.3 Å². The molecule has 4 atom stereocenters. The minimum atomic E-state index is -2.19. The van der Waals surface area contributed by atoms with Gasteiger partial charge in [-0.3, -0.25) is 9.47 Å². The fraction of sp³-hybridized carbons (Fsp3) is 0.341. The summed E-state index contributed by atoms with van der Waals surface area (Å²) >= 11 is 0. The van der Waals surface area contributed by atoms with Gasteiger partial charge in [-0.25, -0.2) is 4.98 Å². The van der Waals surface area contributed by atoms with E-state index in [2.05, 4.69) is 148 Å². The van der Waals surface area contributed by atoms with Crippen LogP contribution in [0.1, 0.15) is 86.2 Å². The number of benzene rings is 4. The second kappa shape index (κ2) is 10.7. The lowest BCUT2D eigenvalue weighted by Crippen LogP contribution is -2.40. The van der Waals surface area contributed by atoms with Crippen LogP contribution in [-0.4, -0.2) is 40.2 Å². The Labute approximate surface area is 294 Å². The van der Waals surface area contributed by atoms with Gasteiger partial charge in [0.25, 0.3) is 0 Å². The maximum atomic E-state index is 8.56. The molecule has 6 aromatic rings. The van der Waals surface area contributed by atoms with E-state index in [9.17, 15) is 0 Å². The molecule has 3 heterocycles. The quantitative estimate of drug-likeness (QED) is 0.190. The van der Waals surface area contributed by atoms with Crippen LogP contribution in [0.3, 0.4) is 0 Å². The normalized spacial score (nSPS) is 23.1. The van der Waals surface area contributed by atoms with E-state index in [0.29, 0.717) is 6.67 Å². The van der Waals surface area contributed by atoms with Crippen LogP contribution in [0.25, 0.3) is 27.6 Å². The second-order valence-electron chi connectivity index (χ2n) is 16.4. The van der Waals surface area contributed by atoms with Crippen LogP contribution >= 0.6 is 0 Å². The van der Waals surface area contributed by atoms with Gasteiger partial charge in [-0.15, -0.1) is 0 Å². The highest BCUT2D eigenvalue weighted by Gasteiger charge is 2.57. The zero-order valence-corrected chi connectivity index (χ0v) is 29.2. The molecule has 2 fully saturated rings. The van der Waals surface area contributed by atoms with Crippen LogP contribution in [0.5, 0.6) is 11.5 Å². The molecule has 1 aliphatic heterocycles. The van der Waals surface area contributed by atoms with E-state index in [1.54, 1.807) is 4.90 Å². The number of pyridine rings is 1. The van der Waals surface area contributed by atoms with Crippen molar-refractivity contribution >= 4 is 27.5 Å². The summed E-state index contributed by atoms with van der Waals surface area (Å²) in [7, 11) is 0. The van der Waals surface area contributed by atoms with Gasteiger partial charge in [-0.2, -0.15) is 0 Å². The van der Waals surface area contributed by atoms with Gasteiger partial charge < -0.3 is 9.64 Å². The third-order valence-corrected chi connectivity index (χ3v) is 11.3. The Morgan fingerprint density at radius 2 is 1.41 bits per heavy atom. The highest BCUT2D eigenvalue weighted by Crippen LogP contribution is 2.58. The van der Waals surface area contributed by atoms with Crippen molar-refractivity contribution < 1.29 is 8.85 Å². The van der Waals surface area contributed by atoms with E-state index in [1.165, 1.54) is 22.1 Å². The molecule has 5 nitrogen and oxygen atoms in total. The molecular weight excluding hydrogens is 601 g/mol. The summed E-state index contributed by atoms with van der Waals surface area (Å²) in [6, 6.07) is 34.3. The third-order valence-electron chi connectivity index (χ3n) is 11.3. The standard InChI is InChI=1S/C44H46N4O/c1-43(2,3)27-18-19-45-40(22-27)48-38-15-11-10-14-34(38)35-17-16-30(24-39(35)48)49-31-21-28(44(4,5)6)20-29(23-31)47-26-46(7)41-36-25-37(42(41)47)33-13-9-8-12-32(33)36/h8-24,36-37,41-42H,25-26H2,1-7H3/t36-,37+,41?,42?/m0/s1/i7D3. The Kier molecular flexibility index (Phi) is 5.94. The number of aromatic nitrogens is 2. The summed E-state index contributed by atoms with van der Waals surface area (Å²) in [5, 5.41) is 2.30. The maximum Gasteiger partial charge on any atom is 0.137 e. The zero-order chi connectivity index (χ0) is 36.3. The second-order valence-corrected chi connectivity index (χ2v) is 16.4. The molecule has 49 heavy (non-hydrogen) atoms. The first kappa shape index (κ1) is 27.2. The zero-order valence-electron chi connectivity index (χ0n) is 32.2. The average Bonchev–Trinajstić information content (AvgIpc) is 3.85. The minimum Gasteiger partial charge on any atom is -0.457 e. The van der Waals surface area contributed by atoms with Crippen molar-refractivity contribution in [3.63, 3.8) is 0 Å². The first-order chi connectivity index (χ1) is 24.7. The molecule has 1 saturated carbocycles. The summed E-state index contributed by atoms with van der Waals surface area (Å²) in [4.78, 5) is 8.99. The molecule has 0 spiro atoms. The molecule has 0 radical (unpaired) electrons. The van der Waals surface area contributed by atoms with Crippen LogP contribution in [0.4, 0.5) is 5.69 Å². The van der Waals surface area contributed by atoms with Crippen molar-refractivity contribution in [2.75, 3.05) is 18.5 Å². The number of likely N-dealkylation sites (N-methyl/N-ethyl adjacent to an activating group) is 1. The number of rotatable bonds is 4. The van der Waals surface area contributed by atoms with Crippen LogP contribution in [0.15, 0.2) is 103 Å². The number of para-hydroxylation sites is 1. The topological polar surface area (TPSA) is 33.5 Å². The van der Waals surface area contributed by atoms with E-state index in [-0.39, 0.29) is 34.7 Å². The van der Waals surface area contributed by atoms with E-state index < -0.39 is 6.98 Å². The van der Waals surface area contributed by atoms with Crippen molar-refractivity contribution in [1.82, 2.24) is 14.5 Å². The fourth-order valence-corrected chi connectivity index (χ4v) is 8.89. The van der Waals surface area contributed by atoms with Gasteiger partial charge >= 0.3 is 0 Å². The summed E-state index contributed by atoms with van der Waals surface area (Å²) in [6.07, 6.45) is 2.89. The van der Waals surface area contributed by atoms with Gasteiger partial charge in [0.2, 0.25) is 0 Å². The predicted octanol–water partition coefficient (Wildman–Crippen LogP) is 10.3. The molecule has 2 bridgehead atoms. The van der Waals surface area contributed by atoms with Gasteiger partial charge in [-0.1, -0.05) is 84.0 Å². The molecule has 0 amide bonds. The molecule has 9 rings (SSSR count). The van der Waals surface area contributed by atoms with E-state index >= 15 is 0 Å². The van der Waals surface area contributed by atoms with Crippen LogP contribution < -0.4 is 9.64 Å². The first-order valence-corrected chi connectivity index (χ1v) is 17.6. The van der Waals surface area contributed by atoms with Crippen molar-refractivity contribution in [3.05, 3.63) is 126 Å². The van der Waals surface area contributed by atoms with Crippen molar-refractivity contribution in [3.8, 4) is 17.3 Å². The molecule has 2 unspecified atom stereocenters. The van der Waals surface area contributed by atoms with Crippen molar-refractivity contribution in [2.45, 2.75) is 82.7 Å². The highest BCUT2D eigenvalue weighted by atomic mass is 16.5. The third kappa shape index (κ3) is 4.80. The molecule has 0 N–H and O–H groups in total. The Hall–Kier alpha value is -4.61. The lowest BCUT2D eigenvalue weighted by Gasteiger charge is -2.34. The number of fused-ring (bicyclic) bond motifs is 11. The largest absolute Gasteiger partial charge is 0.457 e. The predicted molar refractivity (Wildman–Crippen MR) is 202 cm³/mol. The monoisotopic (exact) mass is 649 g/mol. The van der Waals surface area contributed by atoms with Gasteiger partial charge in [0.15, 0.2) is 0 Å². The van der Waals surface area contributed by atoms with E-state index in [1.807, 2.05) is 6.20 Å². The number of hydrogen-bond donors (Lipinski definition) is 0. The Balaban J connectivity index is 1.14. The van der Waals surface area contributed by atoms with Crippen LogP contribution in [-0.2, 0) is 10.8 Å². The average molecular weight is 650 g/mol. The molecule has 2 aliphatic carbocycles. The SMILES string of the molecule is [2H]C([2H])([2H])N1CN(c2cc(Oc3ccc4c5ccccc5n(-c5cc(C(C)(C)C)ccn5)c4c3)cc(C(C)(C)C)c2)C2C1[C@H]1C[C@@H]2c2ccccc21. The number of anilines is 1. The fourth-order valence-electron chi connectivity index (χ4n) is 8.89. The summed E-state index contributed by atoms with van der Waals surface area (Å²) < 4.78 is 34.7. The number of hydrogen-bond acceptors (Lipinski definition) is 4. The van der Waals surface area contributed by atoms with Crippen LogP contribution in [0, 0.1) is 0 Å². The van der Waals surface area contributed by atoms with E-state index in [4.69, 9.17) is 13.8 Å². The minimum absolute atomic E-state index is 0.0161. The van der Waals surface area contributed by atoms with Gasteiger partial charge in [0.05, 0.1) is 23.7 Å². The first-order valence-electron chi connectivity index (χ1n) is 19.1. The van der Waals surface area contributed by atoms with E-state index in [0.717, 1.165) is 51.4 Å². The number of ether oxygens (including phenoxy) is 1. The number of nitrogens with zero attached hydrogens (tertiary/aromatic N) is 4. The smallest absolute Gasteiger partial charge is 0.137 e. The summed E-state index contributed by atoms with van der Waals surface area (Å²) in [6.45, 7) is 11.5. The molecule has 5 heteroatoms. The highest BCUT2D eigenvalue weighted by molar-refractivity contribution is 6.09. The van der Waals surface area contributed by atoms with Gasteiger partial charge in [0, 0.05) is 56.8 Å². The van der Waals surface area contributed by atoms with Crippen LogP contribution in [0.2, 0.25) is 0 Å². The molecule has 1 saturated heterocycles. The molecular formula is C44H46N4O. The molecule has 4 aromatic carbocycles. The summed E-state index contributed by atoms with van der Waals surface area (Å²) in [5.41, 5.74) is 8.03. The maximum absolute atomic E-state index is 8.56. The Morgan fingerprint density at radius 3 is 2.16 bits per heavy atom. The molecule has 248 valence electrons. The van der Waals surface area contributed by atoms with Crippen molar-refractivity contribution in [1.29, 1.82) is 0 Å².